The number of para-hydroxylation sites is 1. The summed E-state index contributed by atoms with van der Waals surface area (Å²) in [6, 6.07) is 20.5. The summed E-state index contributed by atoms with van der Waals surface area (Å²) in [5.41, 5.74) is 3.70. The fraction of sp³-hybridized carbons (Fsp3) is 0.120. The summed E-state index contributed by atoms with van der Waals surface area (Å²) in [6.07, 6.45) is 0. The number of nitro benzene ring substituents is 1. The molecule has 0 bridgehead atoms. The van der Waals surface area contributed by atoms with Gasteiger partial charge in [-0.05, 0) is 60.7 Å². The van der Waals surface area contributed by atoms with Gasteiger partial charge in [-0.25, -0.2) is 0 Å². The van der Waals surface area contributed by atoms with Gasteiger partial charge in [0.1, 0.15) is 0 Å². The molecule has 1 heterocycles. The number of aromatic nitrogens is 1. The van der Waals surface area contributed by atoms with Crippen molar-refractivity contribution in [1.82, 2.24) is 4.98 Å². The topological polar surface area (TPSA) is 96.3 Å². The number of non-ortho nitro benzene ring substituents is 1. The Hall–Kier alpha value is -4.26. The van der Waals surface area contributed by atoms with Gasteiger partial charge in [-0.2, -0.15) is 0 Å². The quantitative estimate of drug-likeness (QED) is 0.362. The fourth-order valence-corrected chi connectivity index (χ4v) is 3.66. The summed E-state index contributed by atoms with van der Waals surface area (Å²) in [6.45, 7) is 3.90. The number of benzene rings is 3. The maximum absolute atomic E-state index is 13.4. The van der Waals surface area contributed by atoms with Crippen molar-refractivity contribution < 1.29 is 9.72 Å². The van der Waals surface area contributed by atoms with Crippen LogP contribution in [-0.2, 0) is 6.54 Å². The van der Waals surface area contributed by atoms with E-state index < -0.39 is 4.92 Å². The van der Waals surface area contributed by atoms with E-state index in [0.717, 1.165) is 22.0 Å². The molecule has 7 heteroatoms. The van der Waals surface area contributed by atoms with Gasteiger partial charge in [-0.3, -0.25) is 19.7 Å². The molecule has 1 amide bonds. The molecule has 0 spiro atoms. The molecule has 0 aliphatic rings. The first-order chi connectivity index (χ1) is 15.3. The van der Waals surface area contributed by atoms with E-state index in [4.69, 9.17) is 0 Å². The first-order valence-corrected chi connectivity index (χ1v) is 10.1. The van der Waals surface area contributed by atoms with Gasteiger partial charge in [0.25, 0.3) is 17.2 Å². The van der Waals surface area contributed by atoms with Gasteiger partial charge in [-0.15, -0.1) is 0 Å². The van der Waals surface area contributed by atoms with Gasteiger partial charge in [0.2, 0.25) is 0 Å². The number of pyridine rings is 1. The Morgan fingerprint density at radius 1 is 1.00 bits per heavy atom. The highest BCUT2D eigenvalue weighted by atomic mass is 16.6. The molecule has 4 rings (SSSR count). The largest absolute Gasteiger partial charge is 0.322 e. The van der Waals surface area contributed by atoms with Gasteiger partial charge in [0, 0.05) is 34.5 Å². The number of amides is 1. The Bertz CT molecular complexity index is 1390. The molecule has 0 radical (unpaired) electrons. The fourth-order valence-electron chi connectivity index (χ4n) is 3.66. The number of rotatable bonds is 5. The van der Waals surface area contributed by atoms with Crippen LogP contribution in [0, 0.1) is 24.0 Å². The van der Waals surface area contributed by atoms with Crippen LogP contribution in [-0.4, -0.2) is 15.8 Å². The molecule has 0 atom stereocenters. The summed E-state index contributed by atoms with van der Waals surface area (Å²) in [4.78, 5) is 41.1. The Morgan fingerprint density at radius 3 is 2.41 bits per heavy atom. The molecule has 32 heavy (non-hydrogen) atoms. The summed E-state index contributed by atoms with van der Waals surface area (Å²) < 4.78 is 0. The van der Waals surface area contributed by atoms with Crippen molar-refractivity contribution in [2.45, 2.75) is 20.4 Å². The molecule has 0 saturated carbocycles. The molecule has 0 fully saturated rings. The minimum absolute atomic E-state index is 0.0554. The highest BCUT2D eigenvalue weighted by Gasteiger charge is 2.22. The minimum atomic E-state index is -0.510. The minimum Gasteiger partial charge on any atom is -0.322 e. The highest BCUT2D eigenvalue weighted by molar-refractivity contribution is 6.06. The Balaban J connectivity index is 1.78. The predicted octanol–water partition coefficient (Wildman–Crippen LogP) is 4.90. The molecule has 0 aliphatic heterocycles. The number of nitro groups is 1. The van der Waals surface area contributed by atoms with E-state index in [2.05, 4.69) is 4.98 Å². The molecule has 3 aromatic carbocycles. The van der Waals surface area contributed by atoms with Crippen molar-refractivity contribution in [3.63, 3.8) is 0 Å². The lowest BCUT2D eigenvalue weighted by atomic mass is 10.1. The van der Waals surface area contributed by atoms with Crippen LogP contribution in [0.4, 0.5) is 11.4 Å². The van der Waals surface area contributed by atoms with Crippen LogP contribution in [0.3, 0.4) is 0 Å². The zero-order valence-electron chi connectivity index (χ0n) is 17.7. The smallest absolute Gasteiger partial charge is 0.269 e. The van der Waals surface area contributed by atoms with Crippen molar-refractivity contribution in [1.29, 1.82) is 0 Å². The normalized spacial score (nSPS) is 10.8. The van der Waals surface area contributed by atoms with E-state index in [9.17, 15) is 19.7 Å². The first kappa shape index (κ1) is 21.0. The van der Waals surface area contributed by atoms with Crippen LogP contribution in [0.2, 0.25) is 0 Å². The van der Waals surface area contributed by atoms with E-state index >= 15 is 0 Å². The van der Waals surface area contributed by atoms with E-state index in [1.807, 2.05) is 56.3 Å². The number of fused-ring (bicyclic) bond motifs is 1. The standard InChI is InChI=1S/C25H21N3O4/c1-16-7-8-19-14-20(24(29)26-22(19)13-16)15-27(23-6-4-3-5-17(23)2)25(30)18-9-11-21(12-10-18)28(31)32/h3-14H,15H2,1-2H3,(H,26,29). The molecule has 1 aromatic heterocycles. The van der Waals surface area contributed by atoms with Gasteiger partial charge >= 0.3 is 0 Å². The first-order valence-electron chi connectivity index (χ1n) is 10.1. The van der Waals surface area contributed by atoms with Gasteiger partial charge in [-0.1, -0.05) is 30.3 Å². The van der Waals surface area contributed by atoms with Crippen molar-refractivity contribution in [2.24, 2.45) is 0 Å². The summed E-state index contributed by atoms with van der Waals surface area (Å²) in [5.74, 6) is -0.349. The van der Waals surface area contributed by atoms with E-state index in [1.54, 1.807) is 6.07 Å². The number of hydrogen-bond donors (Lipinski definition) is 1. The number of aryl methyl sites for hydroxylation is 2. The number of aromatic amines is 1. The molecular formula is C25H21N3O4. The number of hydrogen-bond acceptors (Lipinski definition) is 4. The average Bonchev–Trinajstić information content (AvgIpc) is 2.78. The lowest BCUT2D eigenvalue weighted by molar-refractivity contribution is -0.384. The van der Waals surface area contributed by atoms with E-state index in [1.165, 1.54) is 29.2 Å². The predicted molar refractivity (Wildman–Crippen MR) is 124 cm³/mol. The molecule has 0 unspecified atom stereocenters. The monoisotopic (exact) mass is 427 g/mol. The van der Waals surface area contributed by atoms with Crippen LogP contribution >= 0.6 is 0 Å². The summed E-state index contributed by atoms with van der Waals surface area (Å²) >= 11 is 0. The Labute approximate surface area is 184 Å². The molecule has 7 nitrogen and oxygen atoms in total. The summed E-state index contributed by atoms with van der Waals surface area (Å²) in [7, 11) is 0. The Morgan fingerprint density at radius 2 is 1.72 bits per heavy atom. The van der Waals surface area contributed by atoms with Gasteiger partial charge < -0.3 is 9.88 Å². The van der Waals surface area contributed by atoms with Crippen molar-refractivity contribution in [3.8, 4) is 0 Å². The molecular weight excluding hydrogens is 406 g/mol. The number of anilines is 1. The van der Waals surface area contributed by atoms with Crippen LogP contribution in [0.25, 0.3) is 10.9 Å². The van der Waals surface area contributed by atoms with Crippen molar-refractivity contribution in [3.05, 3.63) is 116 Å². The van der Waals surface area contributed by atoms with Crippen LogP contribution < -0.4 is 10.5 Å². The van der Waals surface area contributed by atoms with E-state index in [-0.39, 0.29) is 23.7 Å². The lowest BCUT2D eigenvalue weighted by Crippen LogP contribution is -2.33. The zero-order valence-corrected chi connectivity index (χ0v) is 17.7. The average molecular weight is 427 g/mol. The molecule has 0 aliphatic carbocycles. The second kappa shape index (κ2) is 8.47. The van der Waals surface area contributed by atoms with Crippen LogP contribution in [0.1, 0.15) is 27.0 Å². The van der Waals surface area contributed by atoms with Crippen molar-refractivity contribution >= 4 is 28.2 Å². The second-order valence-electron chi connectivity index (χ2n) is 7.70. The van der Waals surface area contributed by atoms with Gasteiger partial charge in [0.15, 0.2) is 0 Å². The van der Waals surface area contributed by atoms with E-state index in [0.29, 0.717) is 16.8 Å². The number of H-pyrrole nitrogens is 1. The third-order valence-electron chi connectivity index (χ3n) is 5.38. The third kappa shape index (κ3) is 4.13. The zero-order chi connectivity index (χ0) is 22.8. The second-order valence-corrected chi connectivity index (χ2v) is 7.70. The number of carbonyl (C=O) groups is 1. The highest BCUT2D eigenvalue weighted by Crippen LogP contribution is 2.25. The van der Waals surface area contributed by atoms with Crippen molar-refractivity contribution in [2.75, 3.05) is 4.90 Å². The molecule has 160 valence electrons. The number of carbonyl (C=O) groups excluding carboxylic acids is 1. The van der Waals surface area contributed by atoms with Crippen LogP contribution in [0.5, 0.6) is 0 Å². The van der Waals surface area contributed by atoms with Gasteiger partial charge in [0.05, 0.1) is 11.5 Å². The maximum atomic E-state index is 13.4. The Kier molecular flexibility index (Phi) is 5.55. The molecule has 0 saturated heterocycles. The summed E-state index contributed by atoms with van der Waals surface area (Å²) in [5, 5.41) is 11.8. The van der Waals surface area contributed by atoms with Crippen LogP contribution in [0.15, 0.2) is 77.6 Å². The molecule has 1 N–H and O–H groups in total. The number of nitrogens with zero attached hydrogens (tertiary/aromatic N) is 2. The molecule has 4 aromatic rings. The third-order valence-corrected chi connectivity index (χ3v) is 5.38. The lowest BCUT2D eigenvalue weighted by Gasteiger charge is -2.24. The SMILES string of the molecule is Cc1ccc2cc(CN(C(=O)c3ccc([N+](=O)[O-])cc3)c3ccccc3C)c(=O)[nH]c2c1. The maximum Gasteiger partial charge on any atom is 0.269 e. The number of nitrogens with one attached hydrogen (secondary N) is 1.